The molecule has 1 atom stereocenters. The number of rotatable bonds is 4. The van der Waals surface area contributed by atoms with Crippen molar-refractivity contribution in [2.24, 2.45) is 5.92 Å². The van der Waals surface area contributed by atoms with Crippen LogP contribution in [0.25, 0.3) is 6.08 Å². The summed E-state index contributed by atoms with van der Waals surface area (Å²) in [5.41, 5.74) is 1.94. The lowest BCUT2D eigenvalue weighted by atomic mass is 9.83. The average molecular weight is 305 g/mol. The Morgan fingerprint density at radius 2 is 1.64 bits per heavy atom. The van der Waals surface area contributed by atoms with E-state index in [4.69, 9.17) is 14.2 Å². The SMILES string of the molecule is COc1cc(/C=C2\C(O)C3CCN2CC3)cc(OC)c1OC. The first-order valence-electron chi connectivity index (χ1n) is 7.62. The van der Waals surface area contributed by atoms with Crippen molar-refractivity contribution in [1.82, 2.24) is 4.90 Å². The predicted octanol–water partition coefficient (Wildman–Crippen LogP) is 2.14. The summed E-state index contributed by atoms with van der Waals surface area (Å²) < 4.78 is 16.1. The van der Waals surface area contributed by atoms with Gasteiger partial charge in [-0.25, -0.2) is 0 Å². The highest BCUT2D eigenvalue weighted by molar-refractivity contribution is 5.64. The molecule has 0 radical (unpaired) electrons. The van der Waals surface area contributed by atoms with E-state index in [2.05, 4.69) is 4.90 Å². The van der Waals surface area contributed by atoms with Crippen LogP contribution >= 0.6 is 0 Å². The molecule has 2 bridgehead atoms. The Morgan fingerprint density at radius 1 is 1.05 bits per heavy atom. The summed E-state index contributed by atoms with van der Waals surface area (Å²) in [5, 5.41) is 10.5. The summed E-state index contributed by atoms with van der Waals surface area (Å²) in [7, 11) is 4.80. The Morgan fingerprint density at radius 3 is 2.09 bits per heavy atom. The van der Waals surface area contributed by atoms with Gasteiger partial charge in [0.2, 0.25) is 5.75 Å². The minimum Gasteiger partial charge on any atom is -0.493 e. The molecule has 3 aliphatic rings. The van der Waals surface area contributed by atoms with Gasteiger partial charge >= 0.3 is 0 Å². The standard InChI is InChI=1S/C17H23NO4/c1-20-14-9-11(10-15(21-2)17(14)22-3)8-13-16(19)12-4-6-18(13)7-5-12/h8-10,12,16,19H,4-7H2,1-3H3/b13-8+. The number of fused-ring (bicyclic) bond motifs is 3. The third-order valence-electron chi connectivity index (χ3n) is 4.66. The number of aliphatic hydroxyl groups excluding tert-OH is 1. The molecule has 4 rings (SSSR count). The molecule has 0 aromatic heterocycles. The number of ether oxygens (including phenoxy) is 3. The smallest absolute Gasteiger partial charge is 0.203 e. The molecule has 1 aromatic rings. The number of aliphatic hydroxyl groups is 1. The lowest BCUT2D eigenvalue weighted by Crippen LogP contribution is -2.48. The second kappa shape index (κ2) is 6.08. The van der Waals surface area contributed by atoms with Crippen molar-refractivity contribution in [3.8, 4) is 17.2 Å². The van der Waals surface area contributed by atoms with Gasteiger partial charge in [0, 0.05) is 18.8 Å². The second-order valence-corrected chi connectivity index (χ2v) is 5.80. The number of hydrogen-bond donors (Lipinski definition) is 1. The summed E-state index contributed by atoms with van der Waals surface area (Å²) in [6.45, 7) is 2.05. The van der Waals surface area contributed by atoms with E-state index in [0.29, 0.717) is 23.2 Å². The number of hydrogen-bond acceptors (Lipinski definition) is 5. The maximum Gasteiger partial charge on any atom is 0.203 e. The summed E-state index contributed by atoms with van der Waals surface area (Å²) in [6, 6.07) is 3.81. The Kier molecular flexibility index (Phi) is 4.16. The van der Waals surface area contributed by atoms with Crippen LogP contribution in [0.5, 0.6) is 17.2 Å². The van der Waals surface area contributed by atoms with Crippen molar-refractivity contribution in [2.45, 2.75) is 18.9 Å². The van der Waals surface area contributed by atoms with E-state index in [1.54, 1.807) is 21.3 Å². The van der Waals surface area contributed by atoms with E-state index < -0.39 is 0 Å². The van der Waals surface area contributed by atoms with Crippen LogP contribution in [0.4, 0.5) is 0 Å². The van der Waals surface area contributed by atoms with Crippen LogP contribution in [-0.4, -0.2) is 50.5 Å². The van der Waals surface area contributed by atoms with Crippen LogP contribution in [0, 0.1) is 5.92 Å². The van der Waals surface area contributed by atoms with Crippen LogP contribution in [0.1, 0.15) is 18.4 Å². The van der Waals surface area contributed by atoms with Gasteiger partial charge in [0.15, 0.2) is 11.5 Å². The van der Waals surface area contributed by atoms with E-state index in [0.717, 1.165) is 37.2 Å². The minimum absolute atomic E-state index is 0.374. The number of nitrogens with zero attached hydrogens (tertiary/aromatic N) is 1. The van der Waals surface area contributed by atoms with Crippen molar-refractivity contribution in [1.29, 1.82) is 0 Å². The Hall–Kier alpha value is -1.88. The molecule has 5 heteroatoms. The fraction of sp³-hybridized carbons (Fsp3) is 0.529. The van der Waals surface area contributed by atoms with Crippen LogP contribution in [0.15, 0.2) is 17.8 Å². The van der Waals surface area contributed by atoms with Gasteiger partial charge in [-0.15, -0.1) is 0 Å². The van der Waals surface area contributed by atoms with Crippen LogP contribution < -0.4 is 14.2 Å². The minimum atomic E-state index is -0.374. The first-order chi connectivity index (χ1) is 10.7. The lowest BCUT2D eigenvalue weighted by molar-refractivity contribution is 0.0215. The van der Waals surface area contributed by atoms with E-state index in [1.165, 1.54) is 0 Å². The molecular weight excluding hydrogens is 282 g/mol. The first-order valence-corrected chi connectivity index (χ1v) is 7.62. The highest BCUT2D eigenvalue weighted by atomic mass is 16.5. The third kappa shape index (κ3) is 2.50. The topological polar surface area (TPSA) is 51.2 Å². The highest BCUT2D eigenvalue weighted by Gasteiger charge is 2.36. The average Bonchev–Trinajstić information content (AvgIpc) is 2.57. The molecule has 3 aliphatic heterocycles. The zero-order chi connectivity index (χ0) is 15.7. The van der Waals surface area contributed by atoms with Gasteiger partial charge < -0.3 is 24.2 Å². The maximum atomic E-state index is 10.5. The summed E-state index contributed by atoms with van der Waals surface area (Å²) >= 11 is 0. The molecule has 120 valence electrons. The Balaban J connectivity index is 2.00. The van der Waals surface area contributed by atoms with Crippen molar-refractivity contribution >= 4 is 6.08 Å². The summed E-state index contributed by atoms with van der Waals surface area (Å²) in [4.78, 5) is 2.27. The fourth-order valence-electron chi connectivity index (χ4n) is 3.43. The zero-order valence-corrected chi connectivity index (χ0v) is 13.3. The monoisotopic (exact) mass is 305 g/mol. The summed E-state index contributed by atoms with van der Waals surface area (Å²) in [6.07, 6.45) is 3.81. The van der Waals surface area contributed by atoms with Crippen molar-refractivity contribution < 1.29 is 19.3 Å². The molecule has 0 spiro atoms. The van der Waals surface area contributed by atoms with Gasteiger partial charge in [-0.1, -0.05) is 0 Å². The number of methoxy groups -OCH3 is 3. The molecular formula is C17H23NO4. The molecule has 0 amide bonds. The molecule has 3 saturated heterocycles. The van der Waals surface area contributed by atoms with Crippen molar-refractivity contribution in [3.63, 3.8) is 0 Å². The van der Waals surface area contributed by atoms with Crippen LogP contribution in [0.2, 0.25) is 0 Å². The van der Waals surface area contributed by atoms with E-state index in [-0.39, 0.29) is 6.10 Å². The predicted molar refractivity (Wildman–Crippen MR) is 84.4 cm³/mol. The molecule has 5 nitrogen and oxygen atoms in total. The van der Waals surface area contributed by atoms with E-state index >= 15 is 0 Å². The first kappa shape index (κ1) is 15.0. The van der Waals surface area contributed by atoms with Gasteiger partial charge in [-0.05, 0) is 42.5 Å². The molecule has 1 unspecified atom stereocenters. The molecule has 1 aromatic carbocycles. The van der Waals surface area contributed by atoms with Crippen LogP contribution in [0.3, 0.4) is 0 Å². The number of benzene rings is 1. The molecule has 3 heterocycles. The quantitative estimate of drug-likeness (QED) is 0.923. The highest BCUT2D eigenvalue weighted by Crippen LogP contribution is 2.40. The molecule has 0 aliphatic carbocycles. The molecule has 22 heavy (non-hydrogen) atoms. The van der Waals surface area contributed by atoms with Crippen LogP contribution in [-0.2, 0) is 0 Å². The zero-order valence-electron chi connectivity index (χ0n) is 13.3. The Labute approximate surface area is 131 Å². The summed E-state index contributed by atoms with van der Waals surface area (Å²) in [5.74, 6) is 2.22. The van der Waals surface area contributed by atoms with Gasteiger partial charge in [0.25, 0.3) is 0 Å². The van der Waals surface area contributed by atoms with Gasteiger partial charge in [0.05, 0.1) is 27.4 Å². The third-order valence-corrected chi connectivity index (χ3v) is 4.66. The van der Waals surface area contributed by atoms with Gasteiger partial charge in [-0.2, -0.15) is 0 Å². The molecule has 3 fully saturated rings. The van der Waals surface area contributed by atoms with E-state index in [1.807, 2.05) is 18.2 Å². The molecule has 0 saturated carbocycles. The lowest BCUT2D eigenvalue weighted by Gasteiger charge is -2.45. The van der Waals surface area contributed by atoms with Gasteiger partial charge in [0.1, 0.15) is 0 Å². The normalized spacial score (nSPS) is 25.5. The largest absolute Gasteiger partial charge is 0.493 e. The fourth-order valence-corrected chi connectivity index (χ4v) is 3.43. The van der Waals surface area contributed by atoms with Gasteiger partial charge in [-0.3, -0.25) is 0 Å². The van der Waals surface area contributed by atoms with E-state index in [9.17, 15) is 5.11 Å². The second-order valence-electron chi connectivity index (χ2n) is 5.80. The number of piperidine rings is 3. The van der Waals surface area contributed by atoms with Crippen molar-refractivity contribution in [2.75, 3.05) is 34.4 Å². The maximum absolute atomic E-state index is 10.5. The Bertz CT molecular complexity index is 547. The molecule has 1 N–H and O–H groups in total. The van der Waals surface area contributed by atoms with Crippen molar-refractivity contribution in [3.05, 3.63) is 23.4 Å².